The van der Waals surface area contributed by atoms with E-state index in [1.807, 2.05) is 0 Å². The van der Waals surface area contributed by atoms with Crippen molar-refractivity contribution in [2.24, 2.45) is 5.92 Å². The van der Waals surface area contributed by atoms with E-state index >= 15 is 0 Å². The third-order valence-corrected chi connectivity index (χ3v) is 6.93. The van der Waals surface area contributed by atoms with Gasteiger partial charge < -0.3 is 14.7 Å². The first-order chi connectivity index (χ1) is 11.2. The molecule has 3 heterocycles. The van der Waals surface area contributed by atoms with E-state index < -0.39 is 0 Å². The molecule has 3 aliphatic heterocycles. The number of hydrogen-bond donors (Lipinski definition) is 0. The number of carbonyl (C=O) groups is 1. The molecule has 3 rings (SSSR count). The number of rotatable bonds is 4. The van der Waals surface area contributed by atoms with Gasteiger partial charge in [0, 0.05) is 45.2 Å². The van der Waals surface area contributed by atoms with Crippen LogP contribution in [-0.2, 0) is 4.79 Å². The third kappa shape index (κ3) is 5.10. The van der Waals surface area contributed by atoms with E-state index in [1.54, 1.807) is 0 Å². The maximum atomic E-state index is 12.4. The van der Waals surface area contributed by atoms with Crippen LogP contribution < -0.4 is 0 Å². The summed E-state index contributed by atoms with van der Waals surface area (Å²) in [6.45, 7) is 6.44. The monoisotopic (exact) mass is 339 g/mol. The highest BCUT2D eigenvalue weighted by molar-refractivity contribution is 7.99. The van der Waals surface area contributed by atoms with Crippen LogP contribution in [0.3, 0.4) is 0 Å². The van der Waals surface area contributed by atoms with Gasteiger partial charge in [-0.3, -0.25) is 4.79 Å². The van der Waals surface area contributed by atoms with Crippen LogP contribution in [0.4, 0.5) is 0 Å². The van der Waals surface area contributed by atoms with Gasteiger partial charge in [0.1, 0.15) is 0 Å². The molecule has 23 heavy (non-hydrogen) atoms. The minimum Gasteiger partial charge on any atom is -0.340 e. The number of amides is 1. The van der Waals surface area contributed by atoms with E-state index in [-0.39, 0.29) is 0 Å². The minimum absolute atomic E-state index is 0.393. The van der Waals surface area contributed by atoms with Crippen LogP contribution in [0, 0.1) is 5.92 Å². The Bertz CT molecular complexity index is 378. The third-order valence-electron chi connectivity index (χ3n) is 5.88. The Kier molecular flexibility index (Phi) is 6.66. The van der Waals surface area contributed by atoms with Gasteiger partial charge in [-0.15, -0.1) is 0 Å². The molecule has 4 nitrogen and oxygen atoms in total. The van der Waals surface area contributed by atoms with Gasteiger partial charge in [0.15, 0.2) is 0 Å². The zero-order valence-electron chi connectivity index (χ0n) is 14.7. The van der Waals surface area contributed by atoms with Crippen LogP contribution in [0.25, 0.3) is 0 Å². The lowest BCUT2D eigenvalue weighted by Crippen LogP contribution is -2.47. The molecule has 0 saturated carbocycles. The van der Waals surface area contributed by atoms with E-state index in [0.29, 0.717) is 5.91 Å². The maximum absolute atomic E-state index is 12.4. The van der Waals surface area contributed by atoms with Crippen LogP contribution in [0.15, 0.2) is 0 Å². The normalized spacial score (nSPS) is 28.9. The number of nitrogens with zero attached hydrogens (tertiary/aromatic N) is 3. The Hall–Kier alpha value is -0.260. The van der Waals surface area contributed by atoms with Crippen molar-refractivity contribution in [1.82, 2.24) is 14.7 Å². The zero-order valence-corrected chi connectivity index (χ0v) is 15.5. The van der Waals surface area contributed by atoms with Gasteiger partial charge >= 0.3 is 0 Å². The highest BCUT2D eigenvalue weighted by atomic mass is 32.2. The van der Waals surface area contributed by atoms with Crippen LogP contribution >= 0.6 is 11.8 Å². The topological polar surface area (TPSA) is 26.8 Å². The average molecular weight is 340 g/mol. The summed E-state index contributed by atoms with van der Waals surface area (Å²) in [5, 5.41) is 0. The van der Waals surface area contributed by atoms with Crippen molar-refractivity contribution in [3.8, 4) is 0 Å². The van der Waals surface area contributed by atoms with E-state index in [4.69, 9.17) is 0 Å². The first-order valence-electron chi connectivity index (χ1n) is 9.50. The predicted octanol–water partition coefficient (Wildman–Crippen LogP) is 2.15. The molecule has 0 radical (unpaired) electrons. The molecule has 5 heteroatoms. The molecular formula is C18H33N3OS. The van der Waals surface area contributed by atoms with Crippen molar-refractivity contribution in [2.75, 3.05) is 57.8 Å². The molecule has 3 fully saturated rings. The van der Waals surface area contributed by atoms with Gasteiger partial charge in [-0.1, -0.05) is 0 Å². The predicted molar refractivity (Wildman–Crippen MR) is 98.0 cm³/mol. The lowest BCUT2D eigenvalue weighted by molar-refractivity contribution is -0.133. The van der Waals surface area contributed by atoms with Crippen molar-refractivity contribution in [3.05, 3.63) is 0 Å². The first-order valence-corrected chi connectivity index (χ1v) is 10.7. The molecule has 132 valence electrons. The SMILES string of the molecule is CN1CCN(C(=O)CCC2CCCN(C3CCSCC3)C2)CC1. The lowest BCUT2D eigenvalue weighted by Gasteiger charge is -2.40. The summed E-state index contributed by atoms with van der Waals surface area (Å²) < 4.78 is 0. The molecule has 0 aromatic rings. The molecule has 1 amide bonds. The summed E-state index contributed by atoms with van der Waals surface area (Å²) in [6.07, 6.45) is 7.27. The fraction of sp³-hybridized carbons (Fsp3) is 0.944. The molecule has 0 spiro atoms. The van der Waals surface area contributed by atoms with Crippen LogP contribution in [0.2, 0.25) is 0 Å². The fourth-order valence-corrected chi connectivity index (χ4v) is 5.34. The second-order valence-corrected chi connectivity index (χ2v) is 8.79. The van der Waals surface area contributed by atoms with Gasteiger partial charge in [0.05, 0.1) is 0 Å². The quantitative estimate of drug-likeness (QED) is 0.784. The van der Waals surface area contributed by atoms with E-state index in [9.17, 15) is 4.79 Å². The molecule has 0 N–H and O–H groups in total. The largest absolute Gasteiger partial charge is 0.340 e. The number of thioether (sulfide) groups is 1. The molecule has 0 aromatic carbocycles. The second kappa shape index (κ2) is 8.72. The minimum atomic E-state index is 0.393. The second-order valence-electron chi connectivity index (χ2n) is 7.57. The molecule has 1 atom stereocenters. The van der Waals surface area contributed by atoms with E-state index in [2.05, 4.69) is 33.5 Å². The molecular weight excluding hydrogens is 306 g/mol. The summed E-state index contributed by atoms with van der Waals surface area (Å²) in [6, 6.07) is 0.826. The number of likely N-dealkylation sites (tertiary alicyclic amines) is 1. The van der Waals surface area contributed by atoms with Crippen molar-refractivity contribution in [2.45, 2.75) is 44.6 Å². The van der Waals surface area contributed by atoms with Gasteiger partial charge in [0.25, 0.3) is 0 Å². The average Bonchev–Trinajstić information content (AvgIpc) is 2.61. The Balaban J connectivity index is 1.40. The van der Waals surface area contributed by atoms with E-state index in [1.165, 1.54) is 50.3 Å². The summed E-state index contributed by atoms with van der Waals surface area (Å²) in [4.78, 5) is 19.6. The van der Waals surface area contributed by atoms with Gasteiger partial charge in [-0.25, -0.2) is 0 Å². The Labute approximate surface area is 145 Å². The smallest absolute Gasteiger partial charge is 0.222 e. The summed E-state index contributed by atoms with van der Waals surface area (Å²) in [5.41, 5.74) is 0. The van der Waals surface area contributed by atoms with Crippen LogP contribution in [0.1, 0.15) is 38.5 Å². The highest BCUT2D eigenvalue weighted by Gasteiger charge is 2.28. The number of piperazine rings is 1. The van der Waals surface area contributed by atoms with E-state index in [0.717, 1.165) is 51.0 Å². The van der Waals surface area contributed by atoms with Crippen molar-refractivity contribution >= 4 is 17.7 Å². The molecule has 0 bridgehead atoms. The Morgan fingerprint density at radius 1 is 1.04 bits per heavy atom. The standard InChI is InChI=1S/C18H33N3OS/c1-19-9-11-20(12-10-19)18(22)5-4-16-3-2-8-21(15-16)17-6-13-23-14-7-17/h16-17H,2-15H2,1H3. The van der Waals surface area contributed by atoms with Crippen molar-refractivity contribution in [3.63, 3.8) is 0 Å². The molecule has 3 saturated heterocycles. The molecule has 0 aromatic heterocycles. The molecule has 3 aliphatic rings. The number of piperidine rings is 1. The number of carbonyl (C=O) groups excluding carboxylic acids is 1. The van der Waals surface area contributed by atoms with Gasteiger partial charge in [0.2, 0.25) is 5.91 Å². The Morgan fingerprint density at radius 3 is 2.52 bits per heavy atom. The molecule has 1 unspecified atom stereocenters. The first kappa shape index (κ1) is 17.6. The Morgan fingerprint density at radius 2 is 1.78 bits per heavy atom. The highest BCUT2D eigenvalue weighted by Crippen LogP contribution is 2.28. The maximum Gasteiger partial charge on any atom is 0.222 e. The zero-order chi connectivity index (χ0) is 16.1. The summed E-state index contributed by atoms with van der Waals surface area (Å²) in [7, 11) is 2.14. The number of likely N-dealkylation sites (N-methyl/N-ethyl adjacent to an activating group) is 1. The number of hydrogen-bond acceptors (Lipinski definition) is 4. The van der Waals surface area contributed by atoms with Gasteiger partial charge in [-0.2, -0.15) is 11.8 Å². The van der Waals surface area contributed by atoms with Gasteiger partial charge in [-0.05, 0) is 63.1 Å². The lowest BCUT2D eigenvalue weighted by atomic mass is 9.91. The van der Waals surface area contributed by atoms with Crippen LogP contribution in [0.5, 0.6) is 0 Å². The van der Waals surface area contributed by atoms with Crippen LogP contribution in [-0.4, -0.2) is 84.5 Å². The summed E-state index contributed by atoms with van der Waals surface area (Å²) >= 11 is 2.11. The van der Waals surface area contributed by atoms with Crippen molar-refractivity contribution in [1.29, 1.82) is 0 Å². The summed E-state index contributed by atoms with van der Waals surface area (Å²) in [5.74, 6) is 3.82. The molecule has 0 aliphatic carbocycles. The fourth-order valence-electron chi connectivity index (χ4n) is 4.26. The van der Waals surface area contributed by atoms with Crippen molar-refractivity contribution < 1.29 is 4.79 Å².